The average Bonchev–Trinajstić information content (AvgIpc) is 2.12. The molecule has 0 fully saturated rings. The second-order valence-corrected chi connectivity index (χ2v) is 4.47. The highest BCUT2D eigenvalue weighted by Crippen LogP contribution is 2.25. The monoisotopic (exact) mass is 186 g/mol. The highest BCUT2D eigenvalue weighted by atomic mass is 16.3. The highest BCUT2D eigenvalue weighted by molar-refractivity contribution is 4.74. The molecule has 2 unspecified atom stereocenters. The Morgan fingerprint density at radius 2 is 1.85 bits per heavy atom. The molecule has 0 radical (unpaired) electrons. The Hall–Kier alpha value is -0.0400. The van der Waals surface area contributed by atoms with E-state index in [-0.39, 0.29) is 0 Å². The largest absolute Gasteiger partial charge is 0.390 e. The standard InChI is InChI=1S/C12H26O/c1-5-8-9-11(6-2)10-12(4,13)7-3/h11,13H,5-10H2,1-4H3. The quantitative estimate of drug-likeness (QED) is 0.642. The van der Waals surface area contributed by atoms with Crippen molar-refractivity contribution in [3.05, 3.63) is 0 Å². The summed E-state index contributed by atoms with van der Waals surface area (Å²) >= 11 is 0. The Balaban J connectivity index is 3.82. The molecule has 0 bridgehead atoms. The van der Waals surface area contributed by atoms with Gasteiger partial charge in [-0.05, 0) is 25.7 Å². The van der Waals surface area contributed by atoms with Crippen molar-refractivity contribution in [2.24, 2.45) is 5.92 Å². The summed E-state index contributed by atoms with van der Waals surface area (Å²) < 4.78 is 0. The third kappa shape index (κ3) is 6.09. The summed E-state index contributed by atoms with van der Waals surface area (Å²) in [5.41, 5.74) is -0.436. The van der Waals surface area contributed by atoms with Crippen LogP contribution in [0, 0.1) is 5.92 Å². The Labute approximate surface area is 83.5 Å². The van der Waals surface area contributed by atoms with Crippen molar-refractivity contribution in [3.8, 4) is 0 Å². The summed E-state index contributed by atoms with van der Waals surface area (Å²) in [7, 11) is 0. The van der Waals surface area contributed by atoms with E-state index in [9.17, 15) is 5.11 Å². The van der Waals surface area contributed by atoms with Crippen LogP contribution >= 0.6 is 0 Å². The zero-order chi connectivity index (χ0) is 10.3. The molecule has 0 spiro atoms. The molecule has 0 aromatic rings. The second-order valence-electron chi connectivity index (χ2n) is 4.47. The maximum atomic E-state index is 9.92. The lowest BCUT2D eigenvalue weighted by Crippen LogP contribution is -2.26. The van der Waals surface area contributed by atoms with Crippen LogP contribution in [-0.2, 0) is 0 Å². The lowest BCUT2D eigenvalue weighted by atomic mass is 9.85. The first-order valence-corrected chi connectivity index (χ1v) is 5.78. The molecule has 2 atom stereocenters. The Bertz CT molecular complexity index is 118. The van der Waals surface area contributed by atoms with Crippen LogP contribution in [0.25, 0.3) is 0 Å². The van der Waals surface area contributed by atoms with Crippen LogP contribution < -0.4 is 0 Å². The molecule has 0 saturated heterocycles. The summed E-state index contributed by atoms with van der Waals surface area (Å²) in [4.78, 5) is 0. The number of hydrogen-bond donors (Lipinski definition) is 1. The van der Waals surface area contributed by atoms with Gasteiger partial charge >= 0.3 is 0 Å². The molecule has 0 heterocycles. The number of rotatable bonds is 7. The Morgan fingerprint density at radius 1 is 1.23 bits per heavy atom. The molecule has 0 aliphatic rings. The van der Waals surface area contributed by atoms with Crippen molar-refractivity contribution in [2.75, 3.05) is 0 Å². The molecular weight excluding hydrogens is 160 g/mol. The van der Waals surface area contributed by atoms with Gasteiger partial charge in [0.15, 0.2) is 0 Å². The van der Waals surface area contributed by atoms with Crippen molar-refractivity contribution in [3.63, 3.8) is 0 Å². The minimum Gasteiger partial charge on any atom is -0.390 e. The highest BCUT2D eigenvalue weighted by Gasteiger charge is 2.21. The lowest BCUT2D eigenvalue weighted by Gasteiger charge is -2.26. The van der Waals surface area contributed by atoms with Crippen LogP contribution in [-0.4, -0.2) is 10.7 Å². The molecule has 1 heteroatoms. The molecule has 0 rings (SSSR count). The molecule has 0 aromatic carbocycles. The zero-order valence-electron chi connectivity index (χ0n) is 9.77. The van der Waals surface area contributed by atoms with Gasteiger partial charge in [-0.3, -0.25) is 0 Å². The van der Waals surface area contributed by atoms with E-state index in [2.05, 4.69) is 20.8 Å². The van der Waals surface area contributed by atoms with Crippen LogP contribution in [0.15, 0.2) is 0 Å². The van der Waals surface area contributed by atoms with Gasteiger partial charge in [-0.25, -0.2) is 0 Å². The molecule has 0 amide bonds. The maximum absolute atomic E-state index is 9.92. The van der Waals surface area contributed by atoms with Crippen LogP contribution in [0.5, 0.6) is 0 Å². The fourth-order valence-electron chi connectivity index (χ4n) is 1.71. The molecule has 0 aliphatic heterocycles. The van der Waals surface area contributed by atoms with Gasteiger partial charge in [0.25, 0.3) is 0 Å². The summed E-state index contributed by atoms with van der Waals surface area (Å²) in [5.74, 6) is 0.717. The van der Waals surface area contributed by atoms with Gasteiger partial charge in [-0.15, -0.1) is 0 Å². The van der Waals surface area contributed by atoms with Crippen molar-refractivity contribution >= 4 is 0 Å². The fraction of sp³-hybridized carbons (Fsp3) is 1.00. The molecule has 1 N–H and O–H groups in total. The van der Waals surface area contributed by atoms with Gasteiger partial charge in [-0.1, -0.05) is 46.5 Å². The van der Waals surface area contributed by atoms with E-state index < -0.39 is 5.60 Å². The number of unbranched alkanes of at least 4 members (excludes halogenated alkanes) is 1. The maximum Gasteiger partial charge on any atom is 0.0619 e. The van der Waals surface area contributed by atoms with Crippen LogP contribution in [0.4, 0.5) is 0 Å². The average molecular weight is 186 g/mol. The van der Waals surface area contributed by atoms with E-state index in [1.807, 2.05) is 6.92 Å². The predicted molar refractivity (Wildman–Crippen MR) is 58.8 cm³/mol. The van der Waals surface area contributed by atoms with Gasteiger partial charge in [0.2, 0.25) is 0 Å². The Kier molecular flexibility index (Phi) is 6.40. The smallest absolute Gasteiger partial charge is 0.0619 e. The summed E-state index contributed by atoms with van der Waals surface area (Å²) in [6.07, 6.45) is 6.90. The number of hydrogen-bond acceptors (Lipinski definition) is 1. The van der Waals surface area contributed by atoms with Gasteiger partial charge in [0.05, 0.1) is 5.60 Å². The van der Waals surface area contributed by atoms with E-state index >= 15 is 0 Å². The molecule has 1 nitrogen and oxygen atoms in total. The Morgan fingerprint density at radius 3 is 2.23 bits per heavy atom. The van der Waals surface area contributed by atoms with Crippen LogP contribution in [0.2, 0.25) is 0 Å². The summed E-state index contributed by atoms with van der Waals surface area (Å²) in [6, 6.07) is 0. The third-order valence-electron chi connectivity index (χ3n) is 3.03. The number of aliphatic hydroxyl groups is 1. The predicted octanol–water partition coefficient (Wildman–Crippen LogP) is 3.75. The second kappa shape index (κ2) is 6.42. The zero-order valence-corrected chi connectivity index (χ0v) is 9.77. The van der Waals surface area contributed by atoms with Crippen LogP contribution in [0.3, 0.4) is 0 Å². The molecule has 0 aliphatic carbocycles. The first kappa shape index (κ1) is 13.0. The van der Waals surface area contributed by atoms with Gasteiger partial charge in [-0.2, -0.15) is 0 Å². The van der Waals surface area contributed by atoms with Crippen LogP contribution in [0.1, 0.15) is 66.2 Å². The summed E-state index contributed by atoms with van der Waals surface area (Å²) in [6.45, 7) is 8.48. The van der Waals surface area contributed by atoms with E-state index in [0.717, 1.165) is 18.8 Å². The van der Waals surface area contributed by atoms with Crippen molar-refractivity contribution < 1.29 is 5.11 Å². The molecule has 13 heavy (non-hydrogen) atoms. The topological polar surface area (TPSA) is 20.2 Å². The van der Waals surface area contributed by atoms with E-state index in [1.54, 1.807) is 0 Å². The van der Waals surface area contributed by atoms with Gasteiger partial charge < -0.3 is 5.11 Å². The van der Waals surface area contributed by atoms with Gasteiger partial charge in [0, 0.05) is 0 Å². The summed E-state index contributed by atoms with van der Waals surface area (Å²) in [5, 5.41) is 9.92. The molecule has 80 valence electrons. The van der Waals surface area contributed by atoms with E-state index in [4.69, 9.17) is 0 Å². The van der Waals surface area contributed by atoms with Crippen molar-refractivity contribution in [1.29, 1.82) is 0 Å². The first-order valence-electron chi connectivity index (χ1n) is 5.78. The van der Waals surface area contributed by atoms with Gasteiger partial charge in [0.1, 0.15) is 0 Å². The first-order chi connectivity index (χ1) is 6.05. The SMILES string of the molecule is CCCCC(CC)CC(C)(O)CC. The minimum atomic E-state index is -0.436. The van der Waals surface area contributed by atoms with E-state index in [1.165, 1.54) is 25.7 Å². The molecule has 0 saturated carbocycles. The molecule has 0 aromatic heterocycles. The molecular formula is C12H26O. The lowest BCUT2D eigenvalue weighted by molar-refractivity contribution is 0.0276. The van der Waals surface area contributed by atoms with Crippen molar-refractivity contribution in [1.82, 2.24) is 0 Å². The fourth-order valence-corrected chi connectivity index (χ4v) is 1.71. The third-order valence-corrected chi connectivity index (χ3v) is 3.03. The minimum absolute atomic E-state index is 0.436. The normalized spacial score (nSPS) is 18.2. The van der Waals surface area contributed by atoms with Crippen molar-refractivity contribution in [2.45, 2.75) is 71.8 Å². The van der Waals surface area contributed by atoms with E-state index in [0.29, 0.717) is 0 Å².